The van der Waals surface area contributed by atoms with E-state index in [0.29, 0.717) is 5.41 Å². The molecular formula is C30H64O. The smallest absolute Gasteiger partial charge is 0.0468 e. The molecule has 0 aromatic heterocycles. The molecule has 0 aromatic rings. The van der Waals surface area contributed by atoms with Crippen LogP contribution in [0, 0.1) is 46.8 Å². The molecule has 1 saturated heterocycles. The van der Waals surface area contributed by atoms with Crippen LogP contribution < -0.4 is 0 Å². The highest BCUT2D eigenvalue weighted by molar-refractivity contribution is 4.68. The van der Waals surface area contributed by atoms with E-state index in [2.05, 4.69) is 90.0 Å². The third-order valence-corrected chi connectivity index (χ3v) is 7.87. The van der Waals surface area contributed by atoms with Crippen molar-refractivity contribution in [1.29, 1.82) is 0 Å². The molecule has 0 amide bonds. The predicted molar refractivity (Wildman–Crippen MR) is 144 cm³/mol. The molecule has 0 atom stereocenters. The second-order valence-corrected chi connectivity index (χ2v) is 12.8. The van der Waals surface area contributed by atoms with Gasteiger partial charge in [0.05, 0.1) is 0 Å². The Morgan fingerprint density at radius 1 is 0.548 bits per heavy atom. The van der Waals surface area contributed by atoms with E-state index in [1.807, 2.05) is 0 Å². The van der Waals surface area contributed by atoms with Gasteiger partial charge < -0.3 is 4.74 Å². The van der Waals surface area contributed by atoms with Crippen LogP contribution in [0.25, 0.3) is 0 Å². The van der Waals surface area contributed by atoms with Crippen LogP contribution in [0.4, 0.5) is 0 Å². The van der Waals surface area contributed by atoms with Gasteiger partial charge >= 0.3 is 0 Å². The van der Waals surface area contributed by atoms with Crippen molar-refractivity contribution in [3.63, 3.8) is 0 Å². The van der Waals surface area contributed by atoms with Crippen LogP contribution >= 0.6 is 0 Å². The molecule has 2 fully saturated rings. The molecule has 1 heterocycles. The van der Waals surface area contributed by atoms with Gasteiger partial charge in [-0.15, -0.1) is 0 Å². The van der Waals surface area contributed by atoms with E-state index in [0.717, 1.165) is 54.6 Å². The molecule has 0 radical (unpaired) electrons. The summed E-state index contributed by atoms with van der Waals surface area (Å²) in [6, 6.07) is 0. The van der Waals surface area contributed by atoms with Crippen LogP contribution in [0.2, 0.25) is 0 Å². The van der Waals surface area contributed by atoms with Gasteiger partial charge in [0.2, 0.25) is 0 Å². The predicted octanol–water partition coefficient (Wildman–Crippen LogP) is 10.3. The number of rotatable bonds is 3. The van der Waals surface area contributed by atoms with Crippen LogP contribution in [0.5, 0.6) is 0 Å². The molecule has 0 spiro atoms. The highest BCUT2D eigenvalue weighted by Gasteiger charge is 2.17. The van der Waals surface area contributed by atoms with E-state index >= 15 is 0 Å². The van der Waals surface area contributed by atoms with Crippen molar-refractivity contribution in [3.05, 3.63) is 0 Å². The Morgan fingerprint density at radius 3 is 1.06 bits per heavy atom. The Balaban J connectivity index is 0. The summed E-state index contributed by atoms with van der Waals surface area (Å²) in [7, 11) is 0. The fraction of sp³-hybridized carbons (Fsp3) is 1.00. The summed E-state index contributed by atoms with van der Waals surface area (Å²) < 4.78 is 5.25. The summed E-state index contributed by atoms with van der Waals surface area (Å²) >= 11 is 0. The third-order valence-electron chi connectivity index (χ3n) is 7.87. The first-order chi connectivity index (χ1) is 14.2. The molecule has 190 valence electrons. The van der Waals surface area contributed by atoms with Gasteiger partial charge in [-0.2, -0.15) is 0 Å². The van der Waals surface area contributed by atoms with Gasteiger partial charge in [-0.25, -0.2) is 0 Å². The van der Waals surface area contributed by atoms with Crippen molar-refractivity contribution in [2.45, 2.75) is 135 Å². The van der Waals surface area contributed by atoms with Gasteiger partial charge in [0.25, 0.3) is 0 Å². The Morgan fingerprint density at radius 2 is 0.871 bits per heavy atom. The lowest BCUT2D eigenvalue weighted by atomic mass is 9.82. The first-order valence-corrected chi connectivity index (χ1v) is 13.8. The summed E-state index contributed by atoms with van der Waals surface area (Å²) in [5.74, 6) is 6.28. The Labute approximate surface area is 199 Å². The third kappa shape index (κ3) is 20.3. The topological polar surface area (TPSA) is 9.23 Å². The summed E-state index contributed by atoms with van der Waals surface area (Å²) in [5.41, 5.74) is 0.500. The van der Waals surface area contributed by atoms with Crippen molar-refractivity contribution in [2.75, 3.05) is 13.2 Å². The highest BCUT2D eigenvalue weighted by Crippen LogP contribution is 2.29. The lowest BCUT2D eigenvalue weighted by Gasteiger charge is -2.24. The Kier molecular flexibility index (Phi) is 19.7. The van der Waals surface area contributed by atoms with Crippen molar-refractivity contribution >= 4 is 0 Å². The maximum absolute atomic E-state index is 5.25. The Hall–Kier alpha value is -0.0400. The van der Waals surface area contributed by atoms with Crippen molar-refractivity contribution < 1.29 is 4.74 Å². The first kappa shape index (κ1) is 33.1. The molecular weight excluding hydrogens is 376 g/mol. The zero-order chi connectivity index (χ0) is 24.6. The van der Waals surface area contributed by atoms with Crippen LogP contribution in [0.15, 0.2) is 0 Å². The van der Waals surface area contributed by atoms with Gasteiger partial charge in [-0.3, -0.25) is 0 Å². The van der Waals surface area contributed by atoms with Crippen LogP contribution in [-0.4, -0.2) is 13.2 Å². The summed E-state index contributed by atoms with van der Waals surface area (Å²) in [6.45, 7) is 31.5. The molecule has 2 aliphatic rings. The van der Waals surface area contributed by atoms with Crippen molar-refractivity contribution in [1.82, 2.24) is 0 Å². The largest absolute Gasteiger partial charge is 0.381 e. The van der Waals surface area contributed by atoms with Gasteiger partial charge in [-0.05, 0) is 59.7 Å². The second kappa shape index (κ2) is 18.4. The summed E-state index contributed by atoms with van der Waals surface area (Å²) in [5, 5.41) is 0. The summed E-state index contributed by atoms with van der Waals surface area (Å²) in [6.07, 6.45) is 10.0. The fourth-order valence-corrected chi connectivity index (χ4v) is 3.18. The maximum atomic E-state index is 5.25. The van der Waals surface area contributed by atoms with E-state index < -0.39 is 0 Å². The zero-order valence-corrected chi connectivity index (χ0v) is 24.3. The maximum Gasteiger partial charge on any atom is 0.0468 e. The van der Waals surface area contributed by atoms with E-state index in [4.69, 9.17) is 4.74 Å². The van der Waals surface area contributed by atoms with E-state index in [1.54, 1.807) is 0 Å². The van der Waals surface area contributed by atoms with Gasteiger partial charge in [0.15, 0.2) is 0 Å². The monoisotopic (exact) mass is 440 g/mol. The fourth-order valence-electron chi connectivity index (χ4n) is 3.18. The van der Waals surface area contributed by atoms with Crippen LogP contribution in [0.1, 0.15) is 135 Å². The number of hydrogen-bond donors (Lipinski definition) is 0. The molecule has 1 aliphatic heterocycles. The quantitative estimate of drug-likeness (QED) is 0.424. The number of hydrogen-bond acceptors (Lipinski definition) is 1. The minimum Gasteiger partial charge on any atom is -0.381 e. The van der Waals surface area contributed by atoms with E-state index in [9.17, 15) is 0 Å². The highest BCUT2D eigenvalue weighted by atomic mass is 16.5. The SMILES string of the molecule is CC(C)C(C)(C)C.CC(C)C(C)C.CC(C)C1CCCCC1.CC(C)C1CCOCC1. The minimum absolute atomic E-state index is 0.500. The molecule has 1 nitrogen and oxygen atoms in total. The van der Waals surface area contributed by atoms with Crippen molar-refractivity contribution in [3.8, 4) is 0 Å². The second-order valence-electron chi connectivity index (χ2n) is 12.8. The zero-order valence-electron chi connectivity index (χ0n) is 24.3. The molecule has 31 heavy (non-hydrogen) atoms. The Bertz CT molecular complexity index is 332. The standard InChI is InChI=1S/C9H18.C8H16O.C7H16.C6H14/c1-8(2)9-6-4-3-5-7-9;1-7(2)8-3-5-9-6-4-8;1-6(2)7(3,4)5;1-5(2)6(3)4/h8-9H,3-7H2,1-2H3;7-8H,3-6H2,1-2H3;6H,1-5H3;5-6H,1-4H3. The summed E-state index contributed by atoms with van der Waals surface area (Å²) in [4.78, 5) is 0. The van der Waals surface area contributed by atoms with E-state index in [-0.39, 0.29) is 0 Å². The van der Waals surface area contributed by atoms with E-state index in [1.165, 1.54) is 44.9 Å². The average Bonchev–Trinajstić information content (AvgIpc) is 2.70. The molecule has 1 saturated carbocycles. The molecule has 0 unspecified atom stereocenters. The molecule has 2 rings (SSSR count). The average molecular weight is 441 g/mol. The van der Waals surface area contributed by atoms with Crippen molar-refractivity contribution in [2.24, 2.45) is 46.8 Å². The lowest BCUT2D eigenvalue weighted by molar-refractivity contribution is 0.0523. The van der Waals surface area contributed by atoms with Crippen LogP contribution in [-0.2, 0) is 4.74 Å². The normalized spacial score (nSPS) is 18.4. The first-order valence-electron chi connectivity index (χ1n) is 13.8. The molecule has 0 bridgehead atoms. The molecule has 1 heteroatoms. The molecule has 0 aromatic carbocycles. The van der Waals surface area contributed by atoms with Crippen LogP contribution in [0.3, 0.4) is 0 Å². The molecule has 0 N–H and O–H groups in total. The lowest BCUT2D eigenvalue weighted by Crippen LogP contribution is -2.19. The molecule has 1 aliphatic carbocycles. The van der Waals surface area contributed by atoms with Gasteiger partial charge in [0, 0.05) is 13.2 Å². The van der Waals surface area contributed by atoms with Gasteiger partial charge in [0.1, 0.15) is 0 Å². The van der Waals surface area contributed by atoms with Gasteiger partial charge in [-0.1, -0.05) is 122 Å². The number of ether oxygens (including phenoxy) is 1. The minimum atomic E-state index is 0.500.